The Bertz CT molecular complexity index is 326. The first-order valence-electron chi connectivity index (χ1n) is 9.89. The topological polar surface area (TPSA) is 18.5 Å². The molecule has 2 nitrogen and oxygen atoms in total. The van der Waals surface area contributed by atoms with Gasteiger partial charge in [-0.25, -0.2) is 0 Å². The lowest BCUT2D eigenvalue weighted by Crippen LogP contribution is -2.27. The van der Waals surface area contributed by atoms with Gasteiger partial charge in [-0.2, -0.15) is 0 Å². The largest absolute Gasteiger partial charge is 0.362 e. The van der Waals surface area contributed by atoms with Gasteiger partial charge in [-0.3, -0.25) is 0 Å². The third-order valence-electron chi connectivity index (χ3n) is 6.27. The normalized spacial score (nSPS) is 36.0. The summed E-state index contributed by atoms with van der Waals surface area (Å²) in [6, 6.07) is 0. The van der Waals surface area contributed by atoms with Gasteiger partial charge in [0.1, 0.15) is 0 Å². The fraction of sp³-hybridized carbons (Fsp3) is 1.00. The molecule has 0 aromatic heterocycles. The second-order valence-electron chi connectivity index (χ2n) is 7.64. The van der Waals surface area contributed by atoms with E-state index in [4.69, 9.17) is 10.3 Å². The summed E-state index contributed by atoms with van der Waals surface area (Å²) in [6.07, 6.45) is 13.6. The maximum atomic E-state index is 7.48. The summed E-state index contributed by atoms with van der Waals surface area (Å²) in [4.78, 5) is 0. The van der Waals surface area contributed by atoms with Crippen LogP contribution in [0, 0.1) is 23.7 Å². The summed E-state index contributed by atoms with van der Waals surface area (Å²) >= 11 is 0. The molecule has 0 aromatic carbocycles. The van der Waals surface area contributed by atoms with Gasteiger partial charge < -0.3 is 9.05 Å². The molecule has 0 radical (unpaired) electrons. The second-order valence-corrected chi connectivity index (χ2v) is 8.14. The van der Waals surface area contributed by atoms with E-state index in [1.807, 2.05) is 0 Å². The summed E-state index contributed by atoms with van der Waals surface area (Å²) in [5.41, 5.74) is 0. The van der Waals surface area contributed by atoms with Crippen molar-refractivity contribution in [3.8, 4) is 0 Å². The van der Waals surface area contributed by atoms with E-state index in [2.05, 4.69) is 23.3 Å². The molecule has 0 spiro atoms. The van der Waals surface area contributed by atoms with Gasteiger partial charge in [0.25, 0.3) is 0 Å². The molecule has 2 rings (SSSR count). The van der Waals surface area contributed by atoms with Crippen LogP contribution in [0.4, 0.5) is 0 Å². The molecule has 0 amide bonds. The Kier molecular flexibility index (Phi) is 7.94. The Balaban J connectivity index is 1.92. The number of rotatable bonds is 9. The van der Waals surface area contributed by atoms with Crippen LogP contribution >= 0.6 is 18.9 Å². The molecule has 2 fully saturated rings. The average molecular weight is 348 g/mol. The van der Waals surface area contributed by atoms with Crippen LogP contribution in [-0.4, -0.2) is 13.5 Å². The molecular formula is C18H36O2P2. The van der Waals surface area contributed by atoms with Crippen LogP contribution in [0.5, 0.6) is 0 Å². The highest BCUT2D eigenvalue weighted by atomic mass is 31.0. The summed E-state index contributed by atoms with van der Waals surface area (Å²) < 4.78 is 19.1. The molecule has 2 saturated carbocycles. The first-order valence-corrected chi connectivity index (χ1v) is 10.3. The molecule has 0 saturated heterocycles. The Morgan fingerprint density at radius 1 is 1.18 bits per heavy atom. The van der Waals surface area contributed by atoms with Crippen molar-refractivity contribution in [3.63, 3.8) is 0 Å². The van der Waals surface area contributed by atoms with Gasteiger partial charge in [0.2, 0.25) is 0 Å². The standard InChI is InChI=1S/C18H36O2P2/c1-3-7-15-13(2)12-18(20-22)16(15)10-11-17(19-21)14-8-5-4-6-9-14/h13-18H,3-12,21-22H2,1-2H3/t13-,15-,16+,17-,18+/m0/s1/i22T/t13-,15-,16+,17-,18+,22?. The Hall–Kier alpha value is 0.780. The van der Waals surface area contributed by atoms with Crippen molar-refractivity contribution in [3.05, 3.63) is 0 Å². The molecular weight excluding hydrogens is 310 g/mol. The van der Waals surface area contributed by atoms with Gasteiger partial charge >= 0.3 is 0 Å². The van der Waals surface area contributed by atoms with Crippen molar-refractivity contribution in [1.82, 2.24) is 0 Å². The van der Waals surface area contributed by atoms with Gasteiger partial charge in [0.05, 0.1) is 13.5 Å². The van der Waals surface area contributed by atoms with E-state index >= 15 is 0 Å². The quantitative estimate of drug-likeness (QED) is 0.493. The van der Waals surface area contributed by atoms with Crippen molar-refractivity contribution in [2.45, 2.75) is 90.3 Å². The smallest absolute Gasteiger partial charge is 0.0851 e. The Morgan fingerprint density at radius 2 is 1.95 bits per heavy atom. The van der Waals surface area contributed by atoms with Crippen LogP contribution in [0.1, 0.15) is 78.1 Å². The zero-order valence-electron chi connectivity index (χ0n) is 15.4. The summed E-state index contributed by atoms with van der Waals surface area (Å²) in [5, 5.41) is 0. The van der Waals surface area contributed by atoms with Crippen molar-refractivity contribution < 1.29 is 9.05 Å². The van der Waals surface area contributed by atoms with Crippen molar-refractivity contribution in [1.29, 1.82) is 1.28 Å². The highest BCUT2D eigenvalue weighted by Crippen LogP contribution is 2.45. The van der Waals surface area contributed by atoms with Crippen LogP contribution in [0.15, 0.2) is 0 Å². The predicted octanol–water partition coefficient (Wildman–Crippen LogP) is 5.77. The monoisotopic (exact) mass is 348 g/mol. The lowest BCUT2D eigenvalue weighted by atomic mass is 9.79. The molecule has 2 unspecified atom stereocenters. The second kappa shape index (κ2) is 9.93. The molecule has 0 heterocycles. The van der Waals surface area contributed by atoms with E-state index in [9.17, 15) is 0 Å². The SMILES string of the molecule is [3H]PO[C@@H]1C[C@H](C)[C@H](CCC)[C@H]1CC[C@H](OP)C1CCCCC1. The van der Waals surface area contributed by atoms with E-state index in [0.717, 1.165) is 30.6 Å². The Labute approximate surface area is 143 Å². The predicted molar refractivity (Wildman–Crippen MR) is 101 cm³/mol. The van der Waals surface area contributed by atoms with Crippen molar-refractivity contribution in [2.24, 2.45) is 23.7 Å². The molecule has 7 atom stereocenters. The highest BCUT2D eigenvalue weighted by molar-refractivity contribution is 7.10. The number of hydrogen-bond acceptors (Lipinski definition) is 2. The molecule has 0 aliphatic heterocycles. The summed E-state index contributed by atoms with van der Waals surface area (Å²) in [6.45, 7) is 4.68. The average Bonchev–Trinajstić information content (AvgIpc) is 2.85. The third-order valence-corrected chi connectivity index (χ3v) is 6.92. The maximum Gasteiger partial charge on any atom is 0.0851 e. The van der Waals surface area contributed by atoms with E-state index in [1.54, 1.807) is 0 Å². The van der Waals surface area contributed by atoms with Gasteiger partial charge in [-0.1, -0.05) is 46.0 Å². The van der Waals surface area contributed by atoms with Crippen molar-refractivity contribution in [2.75, 3.05) is 0 Å². The van der Waals surface area contributed by atoms with Crippen molar-refractivity contribution >= 4 is 18.9 Å². The Morgan fingerprint density at radius 3 is 2.59 bits per heavy atom. The molecule has 4 heteroatoms. The first-order chi connectivity index (χ1) is 11.2. The lowest BCUT2D eigenvalue weighted by molar-refractivity contribution is 0.0919. The molecule has 130 valence electrons. The first kappa shape index (κ1) is 17.6. The van der Waals surface area contributed by atoms with E-state index in [1.165, 1.54) is 51.4 Å². The van der Waals surface area contributed by atoms with Crippen LogP contribution in [0.25, 0.3) is 0 Å². The van der Waals surface area contributed by atoms with E-state index < -0.39 is 0 Å². The fourth-order valence-corrected chi connectivity index (χ4v) is 5.69. The molecule has 0 bridgehead atoms. The molecule has 2 aliphatic carbocycles. The minimum atomic E-state index is -0.122. The minimum absolute atomic E-state index is 0.122. The van der Waals surface area contributed by atoms with E-state index in [-0.39, 0.29) is 9.41 Å². The van der Waals surface area contributed by atoms with Gasteiger partial charge in [-0.15, -0.1) is 0 Å². The lowest BCUT2D eigenvalue weighted by Gasteiger charge is -2.31. The third kappa shape index (κ3) is 4.89. The van der Waals surface area contributed by atoms with Crippen LogP contribution in [0.2, 0.25) is 0 Å². The maximum absolute atomic E-state index is 7.48. The minimum Gasteiger partial charge on any atom is -0.362 e. The zero-order chi connectivity index (χ0) is 16.7. The molecule has 0 aromatic rings. The molecule has 22 heavy (non-hydrogen) atoms. The van der Waals surface area contributed by atoms with Crippen LogP contribution in [0.3, 0.4) is 0 Å². The van der Waals surface area contributed by atoms with Crippen LogP contribution < -0.4 is 0 Å². The fourth-order valence-electron chi connectivity index (χ4n) is 5.06. The number of hydrogen-bond donors (Lipinski definition) is 0. The molecule has 0 N–H and O–H groups in total. The molecule has 2 aliphatic rings. The van der Waals surface area contributed by atoms with Gasteiger partial charge in [0, 0.05) is 18.9 Å². The highest BCUT2D eigenvalue weighted by Gasteiger charge is 2.40. The van der Waals surface area contributed by atoms with Gasteiger partial charge in [0.15, 0.2) is 0 Å². The van der Waals surface area contributed by atoms with E-state index in [0.29, 0.717) is 18.1 Å². The summed E-state index contributed by atoms with van der Waals surface area (Å²) in [7, 11) is 2.40. The van der Waals surface area contributed by atoms with Gasteiger partial charge in [-0.05, 0) is 55.8 Å². The zero-order valence-corrected chi connectivity index (χ0v) is 16.6. The summed E-state index contributed by atoms with van der Waals surface area (Å²) in [5.74, 6) is 2.90. The van der Waals surface area contributed by atoms with Crippen LogP contribution in [-0.2, 0) is 9.05 Å².